The van der Waals surface area contributed by atoms with Gasteiger partial charge in [-0.15, -0.1) is 5.10 Å². The molecule has 0 aliphatic heterocycles. The van der Waals surface area contributed by atoms with Gasteiger partial charge in [0.2, 0.25) is 11.8 Å². The predicted octanol–water partition coefficient (Wildman–Crippen LogP) is 1.83. The number of halogens is 3. The van der Waals surface area contributed by atoms with E-state index in [2.05, 4.69) is 15.3 Å². The predicted molar refractivity (Wildman–Crippen MR) is 55.7 cm³/mol. The van der Waals surface area contributed by atoms with E-state index in [0.29, 0.717) is 6.29 Å². The number of alkyl halides is 3. The lowest BCUT2D eigenvalue weighted by atomic mass is 10.3. The number of aryl methyl sites for hydroxylation is 1. The molecule has 2 aromatic rings. The number of hydrogen-bond acceptors (Lipinski definition) is 5. The van der Waals surface area contributed by atoms with Gasteiger partial charge in [-0.2, -0.15) is 23.4 Å². The van der Waals surface area contributed by atoms with E-state index in [0.717, 1.165) is 10.7 Å². The molecule has 100 valence electrons. The van der Waals surface area contributed by atoms with Gasteiger partial charge < -0.3 is 4.74 Å². The van der Waals surface area contributed by atoms with Crippen LogP contribution in [-0.4, -0.2) is 26.3 Å². The lowest BCUT2D eigenvalue weighted by Gasteiger charge is -2.03. The molecule has 0 spiro atoms. The number of carbonyl (C=O) groups excluding carboxylic acids is 1. The quantitative estimate of drug-likeness (QED) is 0.797. The van der Waals surface area contributed by atoms with Crippen molar-refractivity contribution in [3.05, 3.63) is 29.6 Å². The molecule has 0 bridgehead atoms. The maximum absolute atomic E-state index is 12.4. The average Bonchev–Trinajstić information content (AvgIpc) is 2.71. The second-order valence-electron chi connectivity index (χ2n) is 3.54. The van der Waals surface area contributed by atoms with Crippen LogP contribution in [-0.2, 0) is 13.2 Å². The van der Waals surface area contributed by atoms with Crippen molar-refractivity contribution in [3.8, 4) is 11.8 Å². The molecular weight excluding hydrogens is 265 g/mol. The Hall–Kier alpha value is -2.45. The number of ether oxygens (including phenoxy) is 1. The lowest BCUT2D eigenvalue weighted by molar-refractivity contribution is -0.141. The van der Waals surface area contributed by atoms with Crippen molar-refractivity contribution in [3.63, 3.8) is 0 Å². The van der Waals surface area contributed by atoms with Crippen LogP contribution in [0.25, 0.3) is 0 Å². The Kier molecular flexibility index (Phi) is 3.19. The summed E-state index contributed by atoms with van der Waals surface area (Å²) >= 11 is 0. The first-order valence-electron chi connectivity index (χ1n) is 4.97. The minimum absolute atomic E-state index is 0.0960. The fourth-order valence-corrected chi connectivity index (χ4v) is 1.27. The Morgan fingerprint density at radius 3 is 2.68 bits per heavy atom. The van der Waals surface area contributed by atoms with E-state index in [4.69, 9.17) is 4.74 Å². The van der Waals surface area contributed by atoms with E-state index in [1.807, 2.05) is 0 Å². The molecular formula is C10H7F3N4O2. The third-order valence-electron chi connectivity index (χ3n) is 2.13. The van der Waals surface area contributed by atoms with E-state index in [-0.39, 0.29) is 17.3 Å². The molecule has 0 aromatic carbocycles. The fourth-order valence-electron chi connectivity index (χ4n) is 1.27. The Bertz CT molecular complexity index is 609. The average molecular weight is 272 g/mol. The van der Waals surface area contributed by atoms with Crippen molar-refractivity contribution >= 4 is 6.29 Å². The number of nitrogens with zero attached hydrogens (tertiary/aromatic N) is 4. The molecule has 0 saturated heterocycles. The number of hydrogen-bond donors (Lipinski definition) is 0. The number of aldehydes is 1. The molecule has 0 N–H and O–H groups in total. The summed E-state index contributed by atoms with van der Waals surface area (Å²) in [5.41, 5.74) is -0.882. The van der Waals surface area contributed by atoms with Gasteiger partial charge in [-0.25, -0.2) is 4.68 Å². The first kappa shape index (κ1) is 13.0. The van der Waals surface area contributed by atoms with E-state index in [1.165, 1.54) is 19.3 Å². The Morgan fingerprint density at radius 2 is 2.11 bits per heavy atom. The van der Waals surface area contributed by atoms with Crippen LogP contribution < -0.4 is 4.74 Å². The van der Waals surface area contributed by atoms with Crippen LogP contribution >= 0.6 is 0 Å². The van der Waals surface area contributed by atoms with Crippen molar-refractivity contribution < 1.29 is 22.7 Å². The second-order valence-corrected chi connectivity index (χ2v) is 3.54. The summed E-state index contributed by atoms with van der Waals surface area (Å²) in [4.78, 5) is 10.5. The molecule has 2 heterocycles. The van der Waals surface area contributed by atoms with Gasteiger partial charge >= 0.3 is 6.18 Å². The summed E-state index contributed by atoms with van der Waals surface area (Å²) in [7, 11) is 1.29. The molecule has 6 nitrogen and oxygen atoms in total. The molecule has 0 atom stereocenters. The standard InChI is InChI=1S/C10H7F3N4O2/c1-17-9(3-7(16-17)10(11,12)13)19-8-2-6(5-18)4-14-15-8/h2-5H,1H3. The maximum atomic E-state index is 12.4. The number of rotatable bonds is 3. The first-order valence-corrected chi connectivity index (χ1v) is 4.97. The van der Waals surface area contributed by atoms with Gasteiger partial charge in [0.15, 0.2) is 12.0 Å². The summed E-state index contributed by atoms with van der Waals surface area (Å²) in [5.74, 6) is -0.258. The Labute approximate surface area is 104 Å². The van der Waals surface area contributed by atoms with Crippen LogP contribution in [0.5, 0.6) is 11.8 Å². The van der Waals surface area contributed by atoms with Crippen molar-refractivity contribution in [1.29, 1.82) is 0 Å². The molecule has 19 heavy (non-hydrogen) atoms. The van der Waals surface area contributed by atoms with Crippen LogP contribution in [0.1, 0.15) is 16.1 Å². The third kappa shape index (κ3) is 2.87. The molecule has 0 aliphatic carbocycles. The fraction of sp³-hybridized carbons (Fsp3) is 0.200. The van der Waals surface area contributed by atoms with Crippen molar-refractivity contribution in [2.45, 2.75) is 6.18 Å². The first-order chi connectivity index (χ1) is 8.90. The summed E-state index contributed by atoms with van der Waals surface area (Å²) in [6.07, 6.45) is -2.84. The van der Waals surface area contributed by atoms with Gasteiger partial charge in [0.1, 0.15) is 0 Å². The van der Waals surface area contributed by atoms with Gasteiger partial charge in [-0.1, -0.05) is 0 Å². The van der Waals surface area contributed by atoms with Gasteiger partial charge in [-0.3, -0.25) is 4.79 Å². The highest BCUT2D eigenvalue weighted by Crippen LogP contribution is 2.31. The zero-order chi connectivity index (χ0) is 14.0. The smallest absolute Gasteiger partial charge is 0.419 e. The monoisotopic (exact) mass is 272 g/mol. The maximum Gasteiger partial charge on any atom is 0.435 e. The normalized spacial score (nSPS) is 11.4. The van der Waals surface area contributed by atoms with E-state index in [1.54, 1.807) is 0 Å². The second kappa shape index (κ2) is 4.67. The van der Waals surface area contributed by atoms with Gasteiger partial charge in [-0.05, 0) is 0 Å². The number of aromatic nitrogens is 4. The lowest BCUT2D eigenvalue weighted by Crippen LogP contribution is -2.06. The number of carbonyl (C=O) groups is 1. The summed E-state index contributed by atoms with van der Waals surface area (Å²) in [5, 5.41) is 10.3. The molecule has 9 heteroatoms. The van der Waals surface area contributed by atoms with Crippen LogP contribution in [0, 0.1) is 0 Å². The van der Waals surface area contributed by atoms with Crippen molar-refractivity contribution in [1.82, 2.24) is 20.0 Å². The van der Waals surface area contributed by atoms with Crippen LogP contribution in [0.2, 0.25) is 0 Å². The third-order valence-corrected chi connectivity index (χ3v) is 2.13. The van der Waals surface area contributed by atoms with Crippen LogP contribution in [0.15, 0.2) is 18.3 Å². The largest absolute Gasteiger partial charge is 0.435 e. The van der Waals surface area contributed by atoms with Gasteiger partial charge in [0.25, 0.3) is 0 Å². The van der Waals surface area contributed by atoms with Crippen molar-refractivity contribution in [2.75, 3.05) is 0 Å². The highest BCUT2D eigenvalue weighted by Gasteiger charge is 2.35. The zero-order valence-electron chi connectivity index (χ0n) is 9.55. The van der Waals surface area contributed by atoms with Gasteiger partial charge in [0, 0.05) is 24.7 Å². The molecule has 2 aromatic heterocycles. The molecule has 0 fully saturated rings. The molecule has 2 rings (SSSR count). The highest BCUT2D eigenvalue weighted by molar-refractivity contribution is 5.74. The topological polar surface area (TPSA) is 69.9 Å². The minimum atomic E-state index is -4.56. The van der Waals surface area contributed by atoms with Gasteiger partial charge in [0.05, 0.1) is 6.20 Å². The van der Waals surface area contributed by atoms with Crippen molar-refractivity contribution in [2.24, 2.45) is 7.05 Å². The molecule has 0 aliphatic rings. The van der Waals surface area contributed by atoms with E-state index in [9.17, 15) is 18.0 Å². The zero-order valence-corrected chi connectivity index (χ0v) is 9.55. The molecule has 0 radical (unpaired) electrons. The summed E-state index contributed by atoms with van der Waals surface area (Å²) in [6, 6.07) is 1.98. The molecule has 0 amide bonds. The van der Waals surface area contributed by atoms with E-state index >= 15 is 0 Å². The Balaban J connectivity index is 2.28. The SMILES string of the molecule is Cn1nc(C(F)(F)F)cc1Oc1cc(C=O)cnn1. The summed E-state index contributed by atoms with van der Waals surface area (Å²) < 4.78 is 43.3. The summed E-state index contributed by atoms with van der Waals surface area (Å²) in [6.45, 7) is 0. The van der Waals surface area contributed by atoms with Crippen LogP contribution in [0.3, 0.4) is 0 Å². The molecule has 0 saturated carbocycles. The van der Waals surface area contributed by atoms with Crippen LogP contribution in [0.4, 0.5) is 13.2 Å². The highest BCUT2D eigenvalue weighted by atomic mass is 19.4. The molecule has 0 unspecified atom stereocenters. The Morgan fingerprint density at radius 1 is 1.37 bits per heavy atom. The minimum Gasteiger partial charge on any atom is -0.419 e. The van der Waals surface area contributed by atoms with E-state index < -0.39 is 11.9 Å².